The third kappa shape index (κ3) is 16.5. The summed E-state index contributed by atoms with van der Waals surface area (Å²) in [5.41, 5.74) is 13.7. The normalized spacial score (nSPS) is 13.9. The van der Waals surface area contributed by atoms with Crippen LogP contribution >= 0.6 is 15.9 Å². The average molecular weight is 1600 g/mol. The molecular formula is C81H69BBrF5N16O7S. The van der Waals surface area contributed by atoms with Gasteiger partial charge in [0.1, 0.15) is 5.69 Å². The van der Waals surface area contributed by atoms with Crippen LogP contribution in [-0.4, -0.2) is 113 Å². The van der Waals surface area contributed by atoms with Crippen LogP contribution in [0.4, 0.5) is 33.3 Å². The number of halogens is 6. The fourth-order valence-corrected chi connectivity index (χ4v) is 13.6. The van der Waals surface area contributed by atoms with Gasteiger partial charge in [-0.2, -0.15) is 42.0 Å². The number of fused-ring (bicyclic) bond motifs is 4. The summed E-state index contributed by atoms with van der Waals surface area (Å²) in [6, 6.07) is 56.2. The lowest BCUT2D eigenvalue weighted by atomic mass is 9.78. The molecule has 112 heavy (non-hydrogen) atoms. The van der Waals surface area contributed by atoms with Crippen molar-refractivity contribution in [3.8, 4) is 96.1 Å². The van der Waals surface area contributed by atoms with E-state index in [9.17, 15) is 40.0 Å². The highest BCUT2D eigenvalue weighted by molar-refractivity contribution is 9.10. The number of benzene rings is 5. The van der Waals surface area contributed by atoms with Gasteiger partial charge in [0.15, 0.2) is 11.6 Å². The van der Waals surface area contributed by atoms with Crippen molar-refractivity contribution in [1.82, 2.24) is 69.0 Å². The highest BCUT2D eigenvalue weighted by Gasteiger charge is 2.52. The van der Waals surface area contributed by atoms with Crippen molar-refractivity contribution in [2.75, 3.05) is 10.6 Å². The van der Waals surface area contributed by atoms with Crippen LogP contribution in [0.3, 0.4) is 0 Å². The predicted molar refractivity (Wildman–Crippen MR) is 421 cm³/mol. The van der Waals surface area contributed by atoms with E-state index in [1.807, 2.05) is 178 Å². The molecule has 3 aliphatic heterocycles. The van der Waals surface area contributed by atoms with Crippen molar-refractivity contribution >= 4 is 83.6 Å². The summed E-state index contributed by atoms with van der Waals surface area (Å²) in [6.45, 7) is 8.13. The molecule has 4 N–H and O–H groups in total. The molecule has 18 rings (SSSR count). The van der Waals surface area contributed by atoms with E-state index in [-0.39, 0.29) is 41.4 Å². The van der Waals surface area contributed by atoms with Crippen molar-refractivity contribution in [2.24, 2.45) is 28.2 Å². The van der Waals surface area contributed by atoms with Crippen LogP contribution in [-0.2, 0) is 70.0 Å². The fourth-order valence-electron chi connectivity index (χ4n) is 12.7. The van der Waals surface area contributed by atoms with Gasteiger partial charge in [-0.25, -0.2) is 13.5 Å². The van der Waals surface area contributed by atoms with Crippen molar-refractivity contribution in [1.29, 1.82) is 0 Å². The van der Waals surface area contributed by atoms with Crippen molar-refractivity contribution in [3.63, 3.8) is 0 Å². The van der Waals surface area contributed by atoms with Crippen LogP contribution in [0.15, 0.2) is 230 Å². The number of alkyl halides is 3. The number of carbonyl (C=O) groups is 2. The van der Waals surface area contributed by atoms with E-state index >= 15 is 0 Å². The SMILES string of the molecule is CC1(C)OB(c2ccc3c(c2)CC(=O)N3)OC1(C)C.Cn1nc(-c2ccccn2)cc1-c1ccc2[nH]c(-c3cccc(F)c3F)cc2c1.Cn1nc(-c2cccnc2)cc1-c1ccc2[nH]c(Br)cc2c1.Cn1nc(-c2cccnc2)cc1-c1ccc2c(c1)CC(=O)N2.Cn1nc(-c2cccnc2)cc1OS(=O)(=O)C(F)(F)F. The summed E-state index contributed by atoms with van der Waals surface area (Å²) < 4.78 is 110. The van der Waals surface area contributed by atoms with Crippen LogP contribution in [0.2, 0.25) is 0 Å². The van der Waals surface area contributed by atoms with Crippen LogP contribution in [0.25, 0.3) is 112 Å². The van der Waals surface area contributed by atoms with Crippen LogP contribution < -0.4 is 20.3 Å². The summed E-state index contributed by atoms with van der Waals surface area (Å²) in [6.07, 6.45) is 12.7. The Labute approximate surface area is 647 Å². The van der Waals surface area contributed by atoms with Gasteiger partial charge in [-0.3, -0.25) is 43.6 Å². The number of aryl methyl sites for hydroxylation is 4. The molecule has 1 saturated heterocycles. The molecule has 566 valence electrons. The third-order valence-corrected chi connectivity index (χ3v) is 20.5. The van der Waals surface area contributed by atoms with Gasteiger partial charge in [-0.15, -0.1) is 0 Å². The molecule has 1 fully saturated rings. The summed E-state index contributed by atoms with van der Waals surface area (Å²) in [5, 5.41) is 25.4. The molecule has 0 bridgehead atoms. The van der Waals surface area contributed by atoms with Crippen LogP contribution in [0, 0.1) is 11.6 Å². The second-order valence-electron chi connectivity index (χ2n) is 27.4. The number of nitrogens with one attached hydrogen (secondary N) is 4. The largest absolute Gasteiger partial charge is 0.534 e. The molecule has 0 atom stereocenters. The van der Waals surface area contributed by atoms with Gasteiger partial charge in [-0.05, 0) is 194 Å². The number of pyridine rings is 4. The highest BCUT2D eigenvalue weighted by Crippen LogP contribution is 2.39. The maximum Gasteiger partial charge on any atom is 0.534 e. The lowest BCUT2D eigenvalue weighted by Crippen LogP contribution is -2.41. The lowest BCUT2D eigenvalue weighted by Gasteiger charge is -2.32. The minimum absolute atomic E-state index is 0.0427. The number of aromatic nitrogens is 14. The number of anilines is 2. The zero-order valence-corrected chi connectivity index (χ0v) is 63.7. The molecule has 0 radical (unpaired) electrons. The van der Waals surface area contributed by atoms with Crippen molar-refractivity contribution < 1.29 is 53.5 Å². The monoisotopic (exact) mass is 1590 g/mol. The minimum Gasteiger partial charge on any atom is -0.399 e. The summed E-state index contributed by atoms with van der Waals surface area (Å²) in [4.78, 5) is 45.7. The second-order valence-corrected chi connectivity index (χ2v) is 29.8. The summed E-state index contributed by atoms with van der Waals surface area (Å²) in [7, 11) is 0.950. The molecule has 2 amide bonds. The average Bonchev–Trinajstić information content (AvgIpc) is 1.62. The predicted octanol–water partition coefficient (Wildman–Crippen LogP) is 15.8. The van der Waals surface area contributed by atoms with Gasteiger partial charge in [0.2, 0.25) is 17.7 Å². The van der Waals surface area contributed by atoms with E-state index in [1.54, 1.807) is 43.0 Å². The number of H-pyrrole nitrogens is 2. The number of nitrogens with zero attached hydrogens (tertiary/aromatic N) is 12. The van der Waals surface area contributed by atoms with E-state index in [0.29, 0.717) is 24.1 Å². The first kappa shape index (κ1) is 76.2. The molecule has 15 aromatic rings. The van der Waals surface area contributed by atoms with E-state index in [4.69, 9.17) is 9.31 Å². The fraction of sp³-hybridized carbons (Fsp3) is 0.160. The number of carbonyl (C=O) groups excluding carboxylic acids is 2. The van der Waals surface area contributed by atoms with Gasteiger partial charge in [0, 0.05) is 155 Å². The van der Waals surface area contributed by atoms with Gasteiger partial charge >= 0.3 is 22.7 Å². The molecule has 23 nitrogen and oxygen atoms in total. The number of hydrogen-bond acceptors (Lipinski definition) is 15. The maximum atomic E-state index is 14.2. The summed E-state index contributed by atoms with van der Waals surface area (Å²) >= 11 is 3.47. The van der Waals surface area contributed by atoms with Crippen LogP contribution in [0.5, 0.6) is 5.88 Å². The molecule has 0 aliphatic carbocycles. The zero-order chi connectivity index (χ0) is 79.0. The molecule has 10 aromatic heterocycles. The topological polar surface area (TPSA) is 274 Å². The standard InChI is InChI=1S/C23H16F2N4.C17H13BrN4.C17H14N4O.C14H18BNO3.C10H8F3N3O3S/c1-29-22(13-21(28-29)19-7-2-3-10-26-19)14-8-9-18-15(11-14)12-20(27-18)16-5-4-6-17(24)23(16)25;1-22-16(9-15(21-22)12-3-2-6-19-10-12)11-4-5-14-13(7-11)8-17(18)20-14;1-21-16(9-15(20-21)12-3-2-6-18-10-12)11-4-5-14-13(7-11)8-17(22)19-14;1-13(2)14(3,4)19-15(18-13)10-5-6-11-9(7-10)8-12(17)16-11;1-16-9(19-20(17,18)10(11,12)13)5-8(15-16)7-3-2-4-14-6-7/h2-13,27H,1H3;2-10,20H,1H3;2-7,9-10H,8H2,1H3,(H,19,22);5-7H,8H2,1-4H3,(H,16,17);2-6H,1H3. The van der Waals surface area contributed by atoms with Gasteiger partial charge < -0.3 is 34.1 Å². The van der Waals surface area contributed by atoms with Crippen molar-refractivity contribution in [2.45, 2.75) is 57.2 Å². The molecule has 0 saturated carbocycles. The Hall–Kier alpha value is -12.6. The number of hydrogen-bond donors (Lipinski definition) is 4. The van der Waals surface area contributed by atoms with Crippen molar-refractivity contribution in [3.05, 3.63) is 253 Å². The molecular weight excluding hydrogens is 1530 g/mol. The smallest absolute Gasteiger partial charge is 0.399 e. The first-order valence-corrected chi connectivity index (χ1v) is 37.1. The Balaban J connectivity index is 0.000000117. The molecule has 3 aliphatic rings. The Kier molecular flexibility index (Phi) is 21.1. The molecule has 13 heterocycles. The van der Waals surface area contributed by atoms with E-state index < -0.39 is 33.1 Å². The number of amides is 2. The Morgan fingerprint density at radius 1 is 0.500 bits per heavy atom. The number of rotatable bonds is 11. The second kappa shape index (κ2) is 31.1. The Morgan fingerprint density at radius 3 is 1.53 bits per heavy atom. The molecule has 31 heteroatoms. The number of aromatic amines is 2. The van der Waals surface area contributed by atoms with E-state index in [2.05, 4.69) is 117 Å². The molecule has 5 aromatic carbocycles. The minimum atomic E-state index is -5.72. The van der Waals surface area contributed by atoms with E-state index in [0.717, 1.165) is 133 Å². The van der Waals surface area contributed by atoms with Gasteiger partial charge in [0.05, 0.1) is 68.5 Å². The first-order valence-electron chi connectivity index (χ1n) is 34.9. The summed E-state index contributed by atoms with van der Waals surface area (Å²) in [5.74, 6) is -2.17. The third-order valence-electron chi connectivity index (χ3n) is 19.1. The first-order chi connectivity index (χ1) is 53.5. The maximum absolute atomic E-state index is 14.2. The highest BCUT2D eigenvalue weighted by atomic mass is 79.9. The quantitative estimate of drug-likeness (QED) is 0.0406. The zero-order valence-electron chi connectivity index (χ0n) is 61.3. The lowest BCUT2D eigenvalue weighted by molar-refractivity contribution is -0.115. The van der Waals surface area contributed by atoms with E-state index in [1.165, 1.54) is 30.9 Å². The molecule has 0 unspecified atom stereocenters. The van der Waals surface area contributed by atoms with Gasteiger partial charge in [-0.1, -0.05) is 42.5 Å². The van der Waals surface area contributed by atoms with Gasteiger partial charge in [0.25, 0.3) is 0 Å². The Morgan fingerprint density at radius 2 is 0.991 bits per heavy atom. The molecule has 0 spiro atoms. The Bertz CT molecular complexity index is 6120. The van der Waals surface area contributed by atoms with Crippen LogP contribution in [0.1, 0.15) is 38.8 Å².